The Kier molecular flexibility index (Phi) is 9.17. The summed E-state index contributed by atoms with van der Waals surface area (Å²) in [4.78, 5) is 23.5. The summed E-state index contributed by atoms with van der Waals surface area (Å²) >= 11 is 1.10. The van der Waals surface area contributed by atoms with Gasteiger partial charge in [-0.1, -0.05) is 0 Å². The first-order valence-corrected chi connectivity index (χ1v) is 10.0. The van der Waals surface area contributed by atoms with Crippen LogP contribution in [0.5, 0.6) is 23.0 Å². The number of thioether (sulfide) groups is 1. The summed E-state index contributed by atoms with van der Waals surface area (Å²) in [6.45, 7) is 0. The summed E-state index contributed by atoms with van der Waals surface area (Å²) in [5.41, 5.74) is 5.96. The number of carbonyl (C=O) groups excluding carboxylic acids is 2. The predicted octanol–water partition coefficient (Wildman–Crippen LogP) is 1.45. The highest BCUT2D eigenvalue weighted by Crippen LogP contribution is 2.26. The number of phenols is 2. The van der Waals surface area contributed by atoms with Crippen molar-refractivity contribution in [2.24, 2.45) is 10.2 Å². The number of hydrogen-bond donors (Lipinski definition) is 4. The van der Waals surface area contributed by atoms with E-state index in [0.29, 0.717) is 22.6 Å². The number of nitrogens with one attached hydrogen (secondary N) is 2. The largest absolute Gasteiger partial charge is 0.504 e. The van der Waals surface area contributed by atoms with E-state index in [0.717, 1.165) is 11.8 Å². The maximum absolute atomic E-state index is 11.8. The highest BCUT2D eigenvalue weighted by molar-refractivity contribution is 8.00. The van der Waals surface area contributed by atoms with Gasteiger partial charge in [0.25, 0.3) is 0 Å². The predicted molar refractivity (Wildman–Crippen MR) is 118 cm³/mol. The number of nitrogens with zero attached hydrogens (tertiary/aromatic N) is 2. The molecule has 2 aromatic rings. The molecule has 0 unspecified atom stereocenters. The molecule has 0 atom stereocenters. The van der Waals surface area contributed by atoms with Gasteiger partial charge in [-0.05, 0) is 47.5 Å². The van der Waals surface area contributed by atoms with Gasteiger partial charge >= 0.3 is 0 Å². The Morgan fingerprint density at radius 3 is 1.68 bits per heavy atom. The topological polar surface area (TPSA) is 142 Å². The van der Waals surface area contributed by atoms with Crippen LogP contribution in [-0.4, -0.2) is 60.2 Å². The molecular weight excluding hydrogens is 424 g/mol. The molecule has 0 aliphatic carbocycles. The van der Waals surface area contributed by atoms with Crippen LogP contribution < -0.4 is 20.3 Å². The lowest BCUT2D eigenvalue weighted by atomic mass is 10.2. The number of ether oxygens (including phenoxy) is 2. The van der Waals surface area contributed by atoms with Crippen molar-refractivity contribution in [3.63, 3.8) is 0 Å². The highest BCUT2D eigenvalue weighted by Gasteiger charge is 2.05. The van der Waals surface area contributed by atoms with Crippen LogP contribution in [-0.2, 0) is 9.59 Å². The van der Waals surface area contributed by atoms with Crippen molar-refractivity contribution >= 4 is 36.0 Å². The minimum absolute atomic E-state index is 0.00508. The Bertz CT molecular complexity index is 903. The van der Waals surface area contributed by atoms with E-state index in [4.69, 9.17) is 9.47 Å². The van der Waals surface area contributed by atoms with Crippen LogP contribution in [0.25, 0.3) is 0 Å². The fourth-order valence-electron chi connectivity index (χ4n) is 2.21. The first-order valence-electron chi connectivity index (χ1n) is 8.88. The summed E-state index contributed by atoms with van der Waals surface area (Å²) in [7, 11) is 2.86. The lowest BCUT2D eigenvalue weighted by Crippen LogP contribution is -2.23. The Balaban J connectivity index is 1.69. The molecule has 2 aromatic carbocycles. The summed E-state index contributed by atoms with van der Waals surface area (Å²) in [6.07, 6.45) is 2.81. The molecule has 164 valence electrons. The molecule has 0 radical (unpaired) electrons. The normalized spacial score (nSPS) is 10.9. The quantitative estimate of drug-likeness (QED) is 0.320. The molecule has 2 rings (SSSR count). The van der Waals surface area contributed by atoms with E-state index < -0.39 is 0 Å². The van der Waals surface area contributed by atoms with E-state index in [1.165, 1.54) is 38.8 Å². The van der Waals surface area contributed by atoms with E-state index >= 15 is 0 Å². The lowest BCUT2D eigenvalue weighted by molar-refractivity contribution is -0.118. The zero-order chi connectivity index (χ0) is 22.6. The summed E-state index contributed by atoms with van der Waals surface area (Å²) < 4.78 is 9.98. The average molecular weight is 446 g/mol. The van der Waals surface area contributed by atoms with E-state index in [2.05, 4.69) is 21.1 Å². The minimum Gasteiger partial charge on any atom is -0.504 e. The molecule has 0 heterocycles. The molecule has 0 spiro atoms. The van der Waals surface area contributed by atoms with Gasteiger partial charge in [0.2, 0.25) is 11.8 Å². The number of rotatable bonds is 10. The van der Waals surface area contributed by atoms with Crippen LogP contribution in [0.15, 0.2) is 46.6 Å². The average Bonchev–Trinajstić information content (AvgIpc) is 2.76. The molecule has 0 fully saturated rings. The van der Waals surface area contributed by atoms with E-state index in [9.17, 15) is 19.8 Å². The molecule has 0 saturated carbocycles. The van der Waals surface area contributed by atoms with Crippen molar-refractivity contribution < 1.29 is 29.3 Å². The second kappa shape index (κ2) is 12.1. The molecule has 2 amide bonds. The fraction of sp³-hybridized carbons (Fsp3) is 0.200. The van der Waals surface area contributed by atoms with Gasteiger partial charge in [0.05, 0.1) is 38.2 Å². The molecule has 0 aromatic heterocycles. The van der Waals surface area contributed by atoms with Gasteiger partial charge in [0.1, 0.15) is 0 Å². The second-order valence-electron chi connectivity index (χ2n) is 5.94. The molecule has 0 aliphatic heterocycles. The number of benzene rings is 2. The number of methoxy groups -OCH3 is 2. The monoisotopic (exact) mass is 446 g/mol. The van der Waals surface area contributed by atoms with Crippen LogP contribution >= 0.6 is 11.8 Å². The molecule has 11 heteroatoms. The highest BCUT2D eigenvalue weighted by atomic mass is 32.2. The second-order valence-corrected chi connectivity index (χ2v) is 6.93. The van der Waals surface area contributed by atoms with Crippen LogP contribution in [0.2, 0.25) is 0 Å². The molecule has 31 heavy (non-hydrogen) atoms. The smallest absolute Gasteiger partial charge is 0.250 e. The van der Waals surface area contributed by atoms with E-state index in [-0.39, 0.29) is 34.8 Å². The zero-order valence-electron chi connectivity index (χ0n) is 16.9. The van der Waals surface area contributed by atoms with Crippen molar-refractivity contribution in [2.45, 2.75) is 0 Å². The zero-order valence-corrected chi connectivity index (χ0v) is 17.7. The molecule has 0 aliphatic rings. The number of carbonyl (C=O) groups is 2. The third kappa shape index (κ3) is 7.90. The first kappa shape index (κ1) is 23.5. The van der Waals surface area contributed by atoms with E-state index in [1.807, 2.05) is 0 Å². The maximum Gasteiger partial charge on any atom is 0.250 e. The van der Waals surface area contributed by atoms with Gasteiger partial charge in [0.15, 0.2) is 23.0 Å². The number of amides is 2. The third-order valence-electron chi connectivity index (χ3n) is 3.68. The number of hydrogen-bond acceptors (Lipinski definition) is 9. The van der Waals surface area contributed by atoms with Gasteiger partial charge < -0.3 is 19.7 Å². The Hall–Kier alpha value is -3.73. The standard InChI is InChI=1S/C20H22N4O6S/c1-29-17-7-13(3-5-15(17)25)9-21-23-19(27)11-31-12-20(28)24-22-10-14-4-6-16(26)18(8-14)30-2/h3-10,25-26H,11-12H2,1-2H3,(H,23,27)(H,24,28)/b21-9+,22-10+. The van der Waals surface area contributed by atoms with Gasteiger partial charge in [0, 0.05) is 0 Å². The van der Waals surface area contributed by atoms with Gasteiger partial charge in [-0.25, -0.2) is 10.9 Å². The van der Waals surface area contributed by atoms with Crippen molar-refractivity contribution in [1.29, 1.82) is 0 Å². The van der Waals surface area contributed by atoms with Crippen molar-refractivity contribution in [1.82, 2.24) is 10.9 Å². The molecule has 0 bridgehead atoms. The summed E-state index contributed by atoms with van der Waals surface area (Å²) in [5.74, 6) is -0.0894. The van der Waals surface area contributed by atoms with Crippen LogP contribution in [0, 0.1) is 0 Å². The number of hydrazone groups is 2. The molecule has 4 N–H and O–H groups in total. The Morgan fingerprint density at radius 1 is 0.871 bits per heavy atom. The van der Waals surface area contributed by atoms with Crippen molar-refractivity contribution in [2.75, 3.05) is 25.7 Å². The first-order chi connectivity index (χ1) is 14.9. The van der Waals surface area contributed by atoms with Crippen LogP contribution in [0.4, 0.5) is 0 Å². The van der Waals surface area contributed by atoms with Gasteiger partial charge in [-0.2, -0.15) is 10.2 Å². The summed E-state index contributed by atoms with van der Waals surface area (Å²) in [6, 6.07) is 9.27. The van der Waals surface area contributed by atoms with Crippen LogP contribution in [0.3, 0.4) is 0 Å². The minimum atomic E-state index is -0.375. The lowest BCUT2D eigenvalue weighted by Gasteiger charge is -2.04. The van der Waals surface area contributed by atoms with Gasteiger partial charge in [-0.3, -0.25) is 9.59 Å². The molecular formula is C20H22N4O6S. The maximum atomic E-state index is 11.8. The number of aromatic hydroxyl groups is 2. The van der Waals surface area contributed by atoms with Crippen molar-refractivity contribution in [3.8, 4) is 23.0 Å². The van der Waals surface area contributed by atoms with Crippen LogP contribution in [0.1, 0.15) is 11.1 Å². The SMILES string of the molecule is COc1cc(/C=N/NC(=O)CSCC(=O)N/N=C/c2ccc(O)c(OC)c2)ccc1O. The van der Waals surface area contributed by atoms with Gasteiger partial charge in [-0.15, -0.1) is 11.8 Å². The third-order valence-corrected chi connectivity index (χ3v) is 4.61. The number of phenolic OH excluding ortho intramolecular Hbond substituents is 2. The molecule has 10 nitrogen and oxygen atoms in total. The van der Waals surface area contributed by atoms with Crippen molar-refractivity contribution in [3.05, 3.63) is 47.5 Å². The fourth-order valence-corrected chi connectivity index (χ4v) is 2.81. The Morgan fingerprint density at radius 2 is 1.29 bits per heavy atom. The Labute approximate surface area is 183 Å². The molecule has 0 saturated heterocycles. The van der Waals surface area contributed by atoms with E-state index in [1.54, 1.807) is 24.3 Å². The summed E-state index contributed by atoms with van der Waals surface area (Å²) in [5, 5.41) is 26.7.